The Morgan fingerprint density at radius 3 is 2.24 bits per heavy atom. The van der Waals surface area contributed by atoms with Crippen LogP contribution in [0.3, 0.4) is 0 Å². The van der Waals surface area contributed by atoms with E-state index >= 15 is 0 Å². The molecule has 1 aliphatic rings. The largest absolute Gasteiger partial charge is 0.444 e. The lowest BCUT2D eigenvalue weighted by atomic mass is 9.85. The molecule has 0 aromatic rings. The van der Waals surface area contributed by atoms with Gasteiger partial charge in [-0.2, -0.15) is 13.5 Å². The Morgan fingerprint density at radius 1 is 1.17 bits per heavy atom. The van der Waals surface area contributed by atoms with E-state index in [9.17, 15) is 22.8 Å². The summed E-state index contributed by atoms with van der Waals surface area (Å²) in [5.41, 5.74) is 6.73. The van der Waals surface area contributed by atoms with Crippen molar-refractivity contribution < 1.29 is 41.2 Å². The Kier molecular flexibility index (Phi) is 9.07. The first-order chi connectivity index (χ1) is 13.3. The van der Waals surface area contributed by atoms with Crippen molar-refractivity contribution in [2.45, 2.75) is 58.1 Å². The molecule has 0 saturated heterocycles. The first-order valence-corrected chi connectivity index (χ1v) is 10.3. The van der Waals surface area contributed by atoms with Crippen molar-refractivity contribution in [2.24, 2.45) is 11.7 Å². The Bertz CT molecular complexity index is 684. The maximum Gasteiger partial charge on any atom is 0.418 e. The monoisotopic (exact) mass is 440 g/mol. The first kappa shape index (κ1) is 24.9. The molecule has 0 aliphatic heterocycles. The summed E-state index contributed by atoms with van der Waals surface area (Å²) in [5.74, 6) is -0.812. The van der Waals surface area contributed by atoms with E-state index in [1.807, 2.05) is 0 Å². The minimum atomic E-state index is -4.89. The van der Waals surface area contributed by atoms with Crippen molar-refractivity contribution in [1.29, 1.82) is 0 Å². The number of alkyl carbamates (subject to hydrolysis) is 1. The fraction of sp³-hybridized carbons (Fsp3) is 0.800. The van der Waals surface area contributed by atoms with Gasteiger partial charge in [0, 0.05) is 12.5 Å². The van der Waals surface area contributed by atoms with Crippen LogP contribution in [-0.4, -0.2) is 60.9 Å². The molecule has 0 unspecified atom stereocenters. The molecular weight excluding hydrogens is 412 g/mol. The van der Waals surface area contributed by atoms with Crippen LogP contribution in [0.15, 0.2) is 0 Å². The maximum atomic E-state index is 12.1. The smallest absolute Gasteiger partial charge is 0.418 e. The van der Waals surface area contributed by atoms with E-state index in [2.05, 4.69) is 15.1 Å². The van der Waals surface area contributed by atoms with Gasteiger partial charge in [0.1, 0.15) is 5.60 Å². The lowest BCUT2D eigenvalue weighted by molar-refractivity contribution is -0.140. The van der Waals surface area contributed by atoms with E-state index in [1.54, 1.807) is 20.8 Å². The number of nitrogens with one attached hydrogen (secondary N) is 2. The highest BCUT2D eigenvalue weighted by atomic mass is 32.3. The molecule has 0 bridgehead atoms. The number of amides is 4. The molecule has 0 atom stereocenters. The van der Waals surface area contributed by atoms with Gasteiger partial charge in [-0.25, -0.2) is 15.1 Å². The second-order valence-electron chi connectivity index (χ2n) is 7.42. The molecule has 0 radical (unpaired) electrons. The van der Waals surface area contributed by atoms with E-state index < -0.39 is 40.1 Å². The summed E-state index contributed by atoms with van der Waals surface area (Å²) < 4.78 is 39.6. The quantitative estimate of drug-likeness (QED) is 0.233. The predicted molar refractivity (Wildman–Crippen MR) is 98.1 cm³/mol. The Hall–Kier alpha value is -2.16. The Morgan fingerprint density at radius 2 is 1.76 bits per heavy atom. The van der Waals surface area contributed by atoms with Gasteiger partial charge in [-0.05, 0) is 46.5 Å². The van der Waals surface area contributed by atoms with E-state index in [0.717, 1.165) is 0 Å². The highest BCUT2D eigenvalue weighted by Crippen LogP contribution is 2.28. The predicted octanol–water partition coefficient (Wildman–Crippen LogP) is 0.233. The van der Waals surface area contributed by atoms with Crippen LogP contribution in [0.2, 0.25) is 0 Å². The molecule has 14 heteroatoms. The zero-order valence-electron chi connectivity index (χ0n) is 16.5. The summed E-state index contributed by atoms with van der Waals surface area (Å²) >= 11 is 0. The number of hydrogen-bond acceptors (Lipinski definition) is 8. The highest BCUT2D eigenvalue weighted by molar-refractivity contribution is 7.80. The van der Waals surface area contributed by atoms with Crippen LogP contribution >= 0.6 is 0 Å². The van der Waals surface area contributed by atoms with Gasteiger partial charge in [-0.15, -0.1) is 4.28 Å². The third kappa shape index (κ3) is 10.3. The molecule has 13 nitrogen and oxygen atoms in total. The molecule has 1 fully saturated rings. The first-order valence-electron chi connectivity index (χ1n) is 8.92. The SMILES string of the molecule is CC(C)(C)OC(=O)NCCONC(=O)[C@H]1CC[C@H](N(OS(=O)(=O)O)C(N)=O)CC1. The van der Waals surface area contributed by atoms with Gasteiger partial charge in [0.25, 0.3) is 0 Å². The van der Waals surface area contributed by atoms with Crippen LogP contribution < -0.4 is 16.5 Å². The summed E-state index contributed by atoms with van der Waals surface area (Å²) in [6, 6.07) is -1.87. The summed E-state index contributed by atoms with van der Waals surface area (Å²) in [6.07, 6.45) is 0.494. The molecule has 1 saturated carbocycles. The third-order valence-corrected chi connectivity index (χ3v) is 4.18. The molecule has 29 heavy (non-hydrogen) atoms. The zero-order valence-corrected chi connectivity index (χ0v) is 17.4. The van der Waals surface area contributed by atoms with E-state index in [0.29, 0.717) is 17.9 Å². The van der Waals surface area contributed by atoms with E-state index in [1.165, 1.54) is 0 Å². The van der Waals surface area contributed by atoms with Crippen molar-refractivity contribution >= 4 is 28.4 Å². The number of hydrogen-bond donors (Lipinski definition) is 4. The molecule has 1 rings (SSSR count). The number of hydroxylamine groups is 3. The maximum absolute atomic E-state index is 12.1. The van der Waals surface area contributed by atoms with Crippen LogP contribution in [0, 0.1) is 5.92 Å². The van der Waals surface area contributed by atoms with Crippen LogP contribution in [-0.2, 0) is 29.1 Å². The third-order valence-electron chi connectivity index (χ3n) is 3.84. The highest BCUT2D eigenvalue weighted by Gasteiger charge is 2.34. The molecule has 0 spiro atoms. The standard InChI is InChI=1S/C15H28N4O9S/c1-15(2,3)27-14(22)17-8-9-26-18-12(20)10-4-6-11(7-5-10)19(13(16)21)28-29(23,24)25/h10-11H,4-9H2,1-3H3,(H2,16,21)(H,17,22)(H,18,20)(H,23,24,25)/t10-,11-. The average Bonchev–Trinajstić information content (AvgIpc) is 2.57. The van der Waals surface area contributed by atoms with Crippen molar-refractivity contribution in [3.8, 4) is 0 Å². The second kappa shape index (κ2) is 10.6. The Balaban J connectivity index is 2.31. The van der Waals surface area contributed by atoms with Gasteiger partial charge < -0.3 is 15.8 Å². The number of ether oxygens (including phenoxy) is 1. The lowest BCUT2D eigenvalue weighted by Gasteiger charge is -2.32. The molecule has 4 amide bonds. The minimum absolute atomic E-state index is 0.0258. The van der Waals surface area contributed by atoms with Crippen LogP contribution in [0.4, 0.5) is 9.59 Å². The normalized spacial score (nSPS) is 19.9. The number of carbonyl (C=O) groups is 3. The van der Waals surface area contributed by atoms with Crippen molar-refractivity contribution in [3.05, 3.63) is 0 Å². The molecule has 5 N–H and O–H groups in total. The number of rotatable bonds is 8. The van der Waals surface area contributed by atoms with Gasteiger partial charge in [0.15, 0.2) is 0 Å². The van der Waals surface area contributed by atoms with Gasteiger partial charge in [-0.1, -0.05) is 0 Å². The van der Waals surface area contributed by atoms with Crippen molar-refractivity contribution in [3.63, 3.8) is 0 Å². The number of urea groups is 1. The molecule has 1 aliphatic carbocycles. The fourth-order valence-electron chi connectivity index (χ4n) is 2.68. The summed E-state index contributed by atoms with van der Waals surface area (Å²) in [4.78, 5) is 39.9. The fourth-order valence-corrected chi connectivity index (χ4v) is 3.07. The van der Waals surface area contributed by atoms with Crippen LogP contribution in [0.1, 0.15) is 46.5 Å². The van der Waals surface area contributed by atoms with Crippen molar-refractivity contribution in [2.75, 3.05) is 13.2 Å². The van der Waals surface area contributed by atoms with Gasteiger partial charge in [0.2, 0.25) is 5.91 Å². The minimum Gasteiger partial charge on any atom is -0.444 e. The number of primary amides is 1. The van der Waals surface area contributed by atoms with Gasteiger partial charge in [0.05, 0.1) is 12.6 Å². The molecule has 0 aromatic heterocycles. The Labute approximate surface area is 169 Å². The van der Waals surface area contributed by atoms with Crippen molar-refractivity contribution in [1.82, 2.24) is 15.9 Å². The molecule has 168 valence electrons. The number of nitrogens with two attached hydrogens (primary N) is 1. The topological polar surface area (TPSA) is 187 Å². The van der Waals surface area contributed by atoms with Crippen LogP contribution in [0.25, 0.3) is 0 Å². The van der Waals surface area contributed by atoms with Crippen LogP contribution in [0.5, 0.6) is 0 Å². The summed E-state index contributed by atoms with van der Waals surface area (Å²) in [5, 5.41) is 2.86. The summed E-state index contributed by atoms with van der Waals surface area (Å²) in [6.45, 7) is 5.35. The second-order valence-corrected chi connectivity index (χ2v) is 8.42. The molecule has 0 heterocycles. The molecular formula is C15H28N4O9S. The number of carbonyl (C=O) groups excluding carboxylic acids is 3. The lowest BCUT2D eigenvalue weighted by Crippen LogP contribution is -2.47. The average molecular weight is 440 g/mol. The zero-order chi connectivity index (χ0) is 22.2. The van der Waals surface area contributed by atoms with Gasteiger partial charge >= 0.3 is 22.5 Å². The van der Waals surface area contributed by atoms with E-state index in [-0.39, 0.29) is 31.9 Å². The van der Waals surface area contributed by atoms with Gasteiger partial charge in [-0.3, -0.25) is 14.2 Å². The molecule has 0 aromatic carbocycles. The summed E-state index contributed by atoms with van der Waals surface area (Å²) in [7, 11) is -4.89. The van der Waals surface area contributed by atoms with E-state index in [4.69, 9.17) is 19.9 Å². The number of nitrogens with zero attached hydrogens (tertiary/aromatic N) is 1.